The smallest absolute Gasteiger partial charge is 0.323 e. The molecule has 94 valence electrons. The number of hydrogen-bond acceptors (Lipinski definition) is 4. The number of carboxylic acid groups (broad SMARTS) is 1. The molecule has 1 aromatic rings. The molecule has 6 nitrogen and oxygen atoms in total. The Morgan fingerprint density at radius 1 is 1.59 bits per heavy atom. The van der Waals surface area contributed by atoms with E-state index in [2.05, 4.69) is 10.3 Å². The van der Waals surface area contributed by atoms with Crippen molar-refractivity contribution in [3.05, 3.63) is 11.1 Å². The van der Waals surface area contributed by atoms with Crippen LogP contribution in [-0.2, 0) is 4.79 Å². The van der Waals surface area contributed by atoms with Crippen LogP contribution >= 0.6 is 11.3 Å². The van der Waals surface area contributed by atoms with Gasteiger partial charge in [0, 0.05) is 12.4 Å². The molecule has 0 atom stereocenters. The highest BCUT2D eigenvalue weighted by Gasteiger charge is 2.14. The first-order valence-electron chi connectivity index (χ1n) is 5.09. The Hall–Kier alpha value is -1.63. The summed E-state index contributed by atoms with van der Waals surface area (Å²) in [7, 11) is 1.42. The van der Waals surface area contributed by atoms with Crippen molar-refractivity contribution in [2.75, 3.05) is 18.9 Å². The lowest BCUT2D eigenvalue weighted by atomic mass is 10.2. The summed E-state index contributed by atoms with van der Waals surface area (Å²) in [4.78, 5) is 27.3. The fourth-order valence-corrected chi connectivity index (χ4v) is 1.93. The van der Waals surface area contributed by atoms with Gasteiger partial charge in [0.1, 0.15) is 6.54 Å². The third-order valence-corrected chi connectivity index (χ3v) is 2.82. The summed E-state index contributed by atoms with van der Waals surface area (Å²) in [5.74, 6) is -0.752. The van der Waals surface area contributed by atoms with E-state index in [1.54, 1.807) is 0 Å². The molecule has 0 spiro atoms. The quantitative estimate of drug-likeness (QED) is 0.861. The van der Waals surface area contributed by atoms with Crippen molar-refractivity contribution in [2.24, 2.45) is 0 Å². The maximum atomic E-state index is 11.5. The minimum Gasteiger partial charge on any atom is -0.480 e. The molecule has 0 aliphatic heterocycles. The Morgan fingerprint density at radius 2 is 2.24 bits per heavy atom. The summed E-state index contributed by atoms with van der Waals surface area (Å²) in [5, 5.41) is 13.4. The van der Waals surface area contributed by atoms with Crippen LogP contribution in [0.5, 0.6) is 0 Å². The summed E-state index contributed by atoms with van der Waals surface area (Å²) in [6.45, 7) is 3.68. The zero-order chi connectivity index (χ0) is 13.0. The van der Waals surface area contributed by atoms with Gasteiger partial charge in [-0.2, -0.15) is 0 Å². The van der Waals surface area contributed by atoms with Gasteiger partial charge in [0.25, 0.3) is 0 Å². The van der Waals surface area contributed by atoms with E-state index in [0.717, 1.165) is 10.6 Å². The van der Waals surface area contributed by atoms with Gasteiger partial charge in [-0.3, -0.25) is 10.1 Å². The Kier molecular flexibility index (Phi) is 4.45. The normalized spacial score (nSPS) is 10.4. The van der Waals surface area contributed by atoms with Crippen LogP contribution in [0.25, 0.3) is 0 Å². The molecular formula is C10H15N3O3S. The number of carboxylic acids is 1. The highest BCUT2D eigenvalue weighted by Crippen LogP contribution is 2.21. The Bertz CT molecular complexity index is 417. The zero-order valence-corrected chi connectivity index (χ0v) is 10.7. The number of hydrogen-bond donors (Lipinski definition) is 2. The number of carbonyl (C=O) groups is 2. The number of rotatable bonds is 4. The number of thiazole rings is 1. The van der Waals surface area contributed by atoms with Crippen LogP contribution in [0.2, 0.25) is 0 Å². The number of nitrogens with zero attached hydrogens (tertiary/aromatic N) is 2. The van der Waals surface area contributed by atoms with Crippen LogP contribution < -0.4 is 5.32 Å². The number of anilines is 1. The molecule has 1 heterocycles. The van der Waals surface area contributed by atoms with Gasteiger partial charge in [0.15, 0.2) is 5.13 Å². The number of nitrogens with one attached hydrogen (secondary N) is 1. The minimum absolute atomic E-state index is 0.300. The number of aliphatic carboxylic acids is 1. The van der Waals surface area contributed by atoms with Crippen LogP contribution in [0.3, 0.4) is 0 Å². The Morgan fingerprint density at radius 3 is 2.71 bits per heavy atom. The SMILES string of the molecule is CC(C)c1csc(NC(=O)N(C)CC(=O)O)n1. The molecule has 0 aliphatic rings. The minimum atomic E-state index is -1.05. The average Bonchev–Trinajstić information content (AvgIpc) is 2.65. The maximum absolute atomic E-state index is 11.5. The molecule has 0 unspecified atom stereocenters. The van der Waals surface area contributed by atoms with E-state index in [4.69, 9.17) is 5.11 Å². The monoisotopic (exact) mass is 257 g/mol. The lowest BCUT2D eigenvalue weighted by Crippen LogP contribution is -2.35. The van der Waals surface area contributed by atoms with E-state index in [1.807, 2.05) is 19.2 Å². The van der Waals surface area contributed by atoms with Crippen molar-refractivity contribution in [2.45, 2.75) is 19.8 Å². The fraction of sp³-hybridized carbons (Fsp3) is 0.500. The lowest BCUT2D eigenvalue weighted by molar-refractivity contribution is -0.137. The van der Waals surface area contributed by atoms with Crippen molar-refractivity contribution >= 4 is 28.5 Å². The van der Waals surface area contributed by atoms with Crippen molar-refractivity contribution in [1.29, 1.82) is 0 Å². The van der Waals surface area contributed by atoms with Gasteiger partial charge < -0.3 is 10.0 Å². The van der Waals surface area contributed by atoms with Gasteiger partial charge in [-0.15, -0.1) is 11.3 Å². The van der Waals surface area contributed by atoms with E-state index < -0.39 is 12.0 Å². The highest BCUT2D eigenvalue weighted by atomic mass is 32.1. The van der Waals surface area contributed by atoms with Crippen molar-refractivity contribution in [3.63, 3.8) is 0 Å². The number of aromatic nitrogens is 1. The number of urea groups is 1. The summed E-state index contributed by atoms with van der Waals surface area (Å²) in [6, 6.07) is -0.475. The maximum Gasteiger partial charge on any atom is 0.323 e. The summed E-state index contributed by atoms with van der Waals surface area (Å²) >= 11 is 1.33. The summed E-state index contributed by atoms with van der Waals surface area (Å²) < 4.78 is 0. The molecule has 0 saturated heterocycles. The van der Waals surface area contributed by atoms with Gasteiger partial charge in [0.05, 0.1) is 5.69 Å². The van der Waals surface area contributed by atoms with Crippen LogP contribution in [0.1, 0.15) is 25.5 Å². The third kappa shape index (κ3) is 4.03. The predicted octanol–water partition coefficient (Wildman–Crippen LogP) is 1.81. The molecule has 2 N–H and O–H groups in total. The van der Waals surface area contributed by atoms with Crippen LogP contribution in [-0.4, -0.2) is 40.6 Å². The highest BCUT2D eigenvalue weighted by molar-refractivity contribution is 7.13. The van der Waals surface area contributed by atoms with E-state index in [1.165, 1.54) is 18.4 Å². The van der Waals surface area contributed by atoms with Gasteiger partial charge in [0.2, 0.25) is 0 Å². The summed E-state index contributed by atoms with van der Waals surface area (Å²) in [6.07, 6.45) is 0. The van der Waals surface area contributed by atoms with Crippen LogP contribution in [0, 0.1) is 0 Å². The van der Waals surface area contributed by atoms with Crippen LogP contribution in [0.4, 0.5) is 9.93 Å². The van der Waals surface area contributed by atoms with Crippen molar-refractivity contribution in [1.82, 2.24) is 9.88 Å². The first kappa shape index (κ1) is 13.4. The molecule has 0 saturated carbocycles. The first-order chi connectivity index (χ1) is 7.90. The van der Waals surface area contributed by atoms with Gasteiger partial charge in [-0.1, -0.05) is 13.8 Å². The third-order valence-electron chi connectivity index (χ3n) is 2.05. The van der Waals surface area contributed by atoms with E-state index in [9.17, 15) is 9.59 Å². The zero-order valence-electron chi connectivity index (χ0n) is 9.93. The van der Waals surface area contributed by atoms with Crippen molar-refractivity contribution < 1.29 is 14.7 Å². The number of amides is 2. The standard InChI is InChI=1S/C10H15N3O3S/c1-6(2)7-5-17-9(11-7)12-10(16)13(3)4-8(14)15/h5-6H,4H2,1-3H3,(H,14,15)(H,11,12,16). The first-order valence-corrected chi connectivity index (χ1v) is 5.97. The van der Waals surface area contributed by atoms with E-state index in [0.29, 0.717) is 11.0 Å². The Labute approximate surface area is 103 Å². The predicted molar refractivity (Wildman–Crippen MR) is 65.5 cm³/mol. The molecule has 0 fully saturated rings. The largest absolute Gasteiger partial charge is 0.480 e. The van der Waals surface area contributed by atoms with Crippen molar-refractivity contribution in [3.8, 4) is 0 Å². The molecule has 0 radical (unpaired) electrons. The molecule has 1 aromatic heterocycles. The second kappa shape index (κ2) is 5.62. The molecular weight excluding hydrogens is 242 g/mol. The molecule has 0 aromatic carbocycles. The molecule has 2 amide bonds. The van der Waals surface area contributed by atoms with Gasteiger partial charge in [-0.05, 0) is 5.92 Å². The molecule has 0 aliphatic carbocycles. The fourth-order valence-electron chi connectivity index (χ4n) is 1.07. The summed E-state index contributed by atoms with van der Waals surface area (Å²) in [5.41, 5.74) is 0.909. The molecule has 0 bridgehead atoms. The second-order valence-electron chi connectivity index (χ2n) is 3.91. The molecule has 7 heteroatoms. The van der Waals surface area contributed by atoms with Gasteiger partial charge >= 0.3 is 12.0 Å². The topological polar surface area (TPSA) is 82.5 Å². The van der Waals surface area contributed by atoms with Crippen LogP contribution in [0.15, 0.2) is 5.38 Å². The number of likely N-dealkylation sites (N-methyl/N-ethyl adjacent to an activating group) is 1. The van der Waals surface area contributed by atoms with E-state index in [-0.39, 0.29) is 6.54 Å². The molecule has 1 rings (SSSR count). The lowest BCUT2D eigenvalue weighted by Gasteiger charge is -2.13. The van der Waals surface area contributed by atoms with E-state index >= 15 is 0 Å². The average molecular weight is 257 g/mol. The second-order valence-corrected chi connectivity index (χ2v) is 4.77. The number of carbonyl (C=O) groups excluding carboxylic acids is 1. The van der Waals surface area contributed by atoms with Gasteiger partial charge in [-0.25, -0.2) is 9.78 Å². The Balaban J connectivity index is 2.58. The molecule has 17 heavy (non-hydrogen) atoms.